The first-order valence-corrected chi connectivity index (χ1v) is 8.72. The molecular weight excluding hydrogens is 332 g/mol. The molecule has 0 radical (unpaired) electrons. The van der Waals surface area contributed by atoms with Gasteiger partial charge in [0.1, 0.15) is 22.1 Å². The van der Waals surface area contributed by atoms with E-state index in [4.69, 9.17) is 13.7 Å². The van der Waals surface area contributed by atoms with Crippen molar-refractivity contribution in [3.05, 3.63) is 59.9 Å². The molecule has 0 bridgehead atoms. The number of hydrogen-bond acceptors (Lipinski definition) is 6. The number of ether oxygens (including phenoxy) is 2. The van der Waals surface area contributed by atoms with Crippen LogP contribution in [0.1, 0.15) is 17.0 Å². The van der Waals surface area contributed by atoms with Crippen LogP contribution in [0.3, 0.4) is 0 Å². The molecule has 0 amide bonds. The lowest BCUT2D eigenvalue weighted by Gasteiger charge is -2.10. The summed E-state index contributed by atoms with van der Waals surface area (Å²) in [5.74, 6) is 0.0336. The maximum Gasteiger partial charge on any atom is 0.339 e. The Morgan fingerprint density at radius 2 is 1.92 bits per heavy atom. The van der Waals surface area contributed by atoms with E-state index in [1.165, 1.54) is 30.5 Å². The van der Waals surface area contributed by atoms with Gasteiger partial charge in [-0.15, -0.1) is 0 Å². The summed E-state index contributed by atoms with van der Waals surface area (Å²) in [5.41, 5.74) is 1.51. The van der Waals surface area contributed by atoms with Gasteiger partial charge in [-0.3, -0.25) is 0 Å². The number of phenols is 1. The molecule has 0 saturated carbocycles. The van der Waals surface area contributed by atoms with E-state index in [0.29, 0.717) is 11.3 Å². The molecule has 1 N–H and O–H groups in total. The predicted octanol–water partition coefficient (Wildman–Crippen LogP) is 2.81. The summed E-state index contributed by atoms with van der Waals surface area (Å²) in [6.07, 6.45) is 2.76. The minimum absolute atomic E-state index is 0.0178. The van der Waals surface area contributed by atoms with Crippen LogP contribution < -0.4 is 8.92 Å². The Morgan fingerprint density at radius 1 is 1.17 bits per heavy atom. The maximum absolute atomic E-state index is 12.3. The second-order valence-electron chi connectivity index (χ2n) is 5.68. The molecule has 2 aromatic carbocycles. The first kappa shape index (κ1) is 14.9. The summed E-state index contributed by atoms with van der Waals surface area (Å²) in [6.45, 7) is 1.86. The second kappa shape index (κ2) is 5.17. The molecule has 24 heavy (non-hydrogen) atoms. The molecule has 124 valence electrons. The van der Waals surface area contributed by atoms with Gasteiger partial charge in [0.25, 0.3) is 6.29 Å². The summed E-state index contributed by atoms with van der Waals surface area (Å²) >= 11 is 0. The lowest BCUT2D eigenvalue weighted by atomic mass is 10.00. The lowest BCUT2D eigenvalue weighted by Crippen LogP contribution is -2.14. The molecule has 2 aromatic rings. The van der Waals surface area contributed by atoms with Crippen LogP contribution in [0.4, 0.5) is 0 Å². The van der Waals surface area contributed by atoms with Crippen molar-refractivity contribution in [3.63, 3.8) is 0 Å². The van der Waals surface area contributed by atoms with Crippen molar-refractivity contribution >= 4 is 10.1 Å². The molecule has 0 saturated heterocycles. The molecule has 2 heterocycles. The van der Waals surface area contributed by atoms with Gasteiger partial charge >= 0.3 is 10.1 Å². The Bertz CT molecular complexity index is 930. The molecule has 0 fully saturated rings. The second-order valence-corrected chi connectivity index (χ2v) is 7.23. The Hall–Kier alpha value is -2.67. The van der Waals surface area contributed by atoms with E-state index in [9.17, 15) is 13.5 Å². The zero-order valence-corrected chi connectivity index (χ0v) is 13.5. The van der Waals surface area contributed by atoms with Gasteiger partial charge in [-0.1, -0.05) is 17.7 Å². The number of aromatic hydroxyl groups is 1. The van der Waals surface area contributed by atoms with Crippen molar-refractivity contribution in [1.82, 2.24) is 0 Å². The number of aryl methyl sites for hydroxylation is 1. The number of fused-ring (bicyclic) bond motifs is 3. The van der Waals surface area contributed by atoms with E-state index in [2.05, 4.69) is 0 Å². The number of rotatable bonds is 3. The molecule has 0 aliphatic carbocycles. The van der Waals surface area contributed by atoms with Crippen LogP contribution in [0.25, 0.3) is 0 Å². The monoisotopic (exact) mass is 346 g/mol. The Labute approximate surface area is 139 Å². The number of benzene rings is 2. The summed E-state index contributed by atoms with van der Waals surface area (Å²) < 4.78 is 40.6. The van der Waals surface area contributed by atoms with Gasteiger partial charge in [-0.2, -0.15) is 8.42 Å². The highest BCUT2D eigenvalue weighted by molar-refractivity contribution is 7.87. The van der Waals surface area contributed by atoms with Crippen LogP contribution in [0.2, 0.25) is 0 Å². The van der Waals surface area contributed by atoms with E-state index >= 15 is 0 Å². The lowest BCUT2D eigenvalue weighted by molar-refractivity contribution is -0.00487. The summed E-state index contributed by atoms with van der Waals surface area (Å²) in [6, 6.07) is 9.02. The standard InChI is InChI=1S/C17H14O6S/c1-10-2-4-12(5-3-10)24(19,20)23-11-8-14(18)16-13-6-7-21-17(13)22-15(16)9-11/h2-9,13,17-18H,1H3/t13-,17+/m0/s1. The van der Waals surface area contributed by atoms with Crippen molar-refractivity contribution in [2.45, 2.75) is 24.0 Å². The Morgan fingerprint density at radius 3 is 2.67 bits per heavy atom. The third-order valence-corrected chi connectivity index (χ3v) is 5.24. The van der Waals surface area contributed by atoms with Crippen molar-refractivity contribution < 1.29 is 27.2 Å². The molecule has 2 atom stereocenters. The van der Waals surface area contributed by atoms with Crippen molar-refractivity contribution in [3.8, 4) is 17.2 Å². The van der Waals surface area contributed by atoms with Gasteiger partial charge in [-0.25, -0.2) is 0 Å². The van der Waals surface area contributed by atoms with Crippen LogP contribution in [0.15, 0.2) is 53.6 Å². The van der Waals surface area contributed by atoms with E-state index < -0.39 is 16.4 Å². The molecule has 4 rings (SSSR count). The Balaban J connectivity index is 1.67. The minimum atomic E-state index is -3.99. The van der Waals surface area contributed by atoms with E-state index in [1.807, 2.05) is 6.92 Å². The summed E-state index contributed by atoms with van der Waals surface area (Å²) in [5, 5.41) is 10.2. The highest BCUT2D eigenvalue weighted by Crippen LogP contribution is 2.48. The quantitative estimate of drug-likeness (QED) is 0.861. The van der Waals surface area contributed by atoms with Crippen LogP contribution in [-0.4, -0.2) is 19.8 Å². The molecule has 0 spiro atoms. The molecule has 0 unspecified atom stereocenters. The fourth-order valence-electron chi connectivity index (χ4n) is 2.79. The largest absolute Gasteiger partial charge is 0.507 e. The fourth-order valence-corrected chi connectivity index (χ4v) is 3.70. The highest BCUT2D eigenvalue weighted by Gasteiger charge is 2.39. The van der Waals surface area contributed by atoms with Gasteiger partial charge < -0.3 is 18.8 Å². The van der Waals surface area contributed by atoms with Gasteiger partial charge in [0.2, 0.25) is 0 Å². The van der Waals surface area contributed by atoms with Gasteiger partial charge in [0, 0.05) is 12.1 Å². The summed E-state index contributed by atoms with van der Waals surface area (Å²) in [7, 11) is -3.99. The van der Waals surface area contributed by atoms with Crippen molar-refractivity contribution in [2.24, 2.45) is 0 Å². The molecule has 7 heteroatoms. The van der Waals surface area contributed by atoms with E-state index in [1.54, 1.807) is 18.2 Å². The van der Waals surface area contributed by atoms with Crippen molar-refractivity contribution in [2.75, 3.05) is 0 Å². The third kappa shape index (κ3) is 2.37. The molecule has 6 nitrogen and oxygen atoms in total. The molecule has 2 aliphatic rings. The van der Waals surface area contributed by atoms with Crippen LogP contribution >= 0.6 is 0 Å². The first-order chi connectivity index (χ1) is 11.4. The number of hydrogen-bond donors (Lipinski definition) is 1. The average Bonchev–Trinajstić information content (AvgIpc) is 3.07. The van der Waals surface area contributed by atoms with E-state index in [0.717, 1.165) is 5.56 Å². The van der Waals surface area contributed by atoms with Crippen LogP contribution in [0.5, 0.6) is 17.2 Å². The smallest absolute Gasteiger partial charge is 0.339 e. The van der Waals surface area contributed by atoms with Crippen molar-refractivity contribution in [1.29, 1.82) is 0 Å². The average molecular weight is 346 g/mol. The zero-order chi connectivity index (χ0) is 16.9. The number of phenolic OH excluding ortho intramolecular Hbond substituents is 1. The minimum Gasteiger partial charge on any atom is -0.507 e. The van der Waals surface area contributed by atoms with Crippen LogP contribution in [0, 0.1) is 6.92 Å². The zero-order valence-electron chi connectivity index (χ0n) is 12.7. The van der Waals surface area contributed by atoms with Crippen LogP contribution in [-0.2, 0) is 14.9 Å². The maximum atomic E-state index is 12.3. The molecular formula is C17H14O6S. The summed E-state index contributed by atoms with van der Waals surface area (Å²) in [4.78, 5) is 0.0390. The normalized spacial score (nSPS) is 20.9. The van der Waals surface area contributed by atoms with Gasteiger partial charge in [-0.05, 0) is 25.1 Å². The predicted molar refractivity (Wildman–Crippen MR) is 84.5 cm³/mol. The fraction of sp³-hybridized carbons (Fsp3) is 0.176. The van der Waals surface area contributed by atoms with Gasteiger partial charge in [0.15, 0.2) is 0 Å². The first-order valence-electron chi connectivity index (χ1n) is 7.31. The topological polar surface area (TPSA) is 82.1 Å². The van der Waals surface area contributed by atoms with Gasteiger partial charge in [0.05, 0.1) is 17.7 Å². The Kier molecular flexibility index (Phi) is 3.21. The molecule has 0 aromatic heterocycles. The molecule has 2 aliphatic heterocycles. The third-order valence-electron chi connectivity index (χ3n) is 3.98. The van der Waals surface area contributed by atoms with E-state index in [-0.39, 0.29) is 22.3 Å². The highest BCUT2D eigenvalue weighted by atomic mass is 32.2. The SMILES string of the molecule is Cc1ccc(S(=O)(=O)Oc2cc(O)c3c(c2)O[C@H]2OC=C[C@@H]32)cc1.